The maximum atomic E-state index is 10.4. The monoisotopic (exact) mass is 328 g/mol. The van der Waals surface area contributed by atoms with Gasteiger partial charge in [0.05, 0.1) is 17.7 Å². The lowest BCUT2D eigenvalue weighted by Gasteiger charge is -2.24. The number of anilines is 2. The second-order valence-electron chi connectivity index (χ2n) is 6.80. The molecule has 0 saturated carbocycles. The summed E-state index contributed by atoms with van der Waals surface area (Å²) in [6, 6.07) is 3.72. The molecule has 3 aromatic heterocycles. The molecule has 0 unspecified atom stereocenters. The number of nitrogen functional groups attached to an aromatic ring is 1. The summed E-state index contributed by atoms with van der Waals surface area (Å²) in [4.78, 5) is 15.7. The molecule has 0 fully saturated rings. The predicted molar refractivity (Wildman–Crippen MR) is 97.1 cm³/mol. The van der Waals surface area contributed by atoms with Crippen molar-refractivity contribution in [3.8, 4) is 0 Å². The normalized spacial score (nSPS) is 12.2. The van der Waals surface area contributed by atoms with Crippen LogP contribution in [0.4, 0.5) is 11.8 Å². The first-order valence-electron chi connectivity index (χ1n) is 8.16. The molecule has 0 aliphatic heterocycles. The Balaban J connectivity index is 2.37. The number of nitrogens with zero attached hydrogens (tertiary/aromatic N) is 5. The molecule has 3 aromatic rings. The van der Waals surface area contributed by atoms with E-state index in [1.165, 1.54) is 0 Å². The molecular weight excluding hydrogens is 304 g/mol. The number of aromatic nitrogens is 4. The Bertz CT molecular complexity index is 880. The van der Waals surface area contributed by atoms with Crippen LogP contribution in [0.1, 0.15) is 27.2 Å². The molecule has 0 atom stereocenters. The molecule has 24 heavy (non-hydrogen) atoms. The van der Waals surface area contributed by atoms with E-state index in [1.54, 1.807) is 20.0 Å². The third-order valence-corrected chi connectivity index (χ3v) is 3.89. The van der Waals surface area contributed by atoms with Gasteiger partial charge in [-0.15, -0.1) is 0 Å². The van der Waals surface area contributed by atoms with E-state index >= 15 is 0 Å². The van der Waals surface area contributed by atoms with E-state index in [4.69, 9.17) is 10.7 Å². The third kappa shape index (κ3) is 2.87. The van der Waals surface area contributed by atoms with Crippen molar-refractivity contribution in [1.29, 1.82) is 0 Å². The molecule has 0 spiro atoms. The minimum absolute atomic E-state index is 0.381. The standard InChI is InChI=1S/C17H24N6O/c1-5-9-22(4)16-21-13-14(23(16)10-17(2,3)24)12-11(20-15(13)18)7-6-8-19-12/h6-8,24H,5,9-10H2,1-4H3,(H2,18,20). The fraction of sp³-hybridized carbons (Fsp3) is 0.471. The van der Waals surface area contributed by atoms with Gasteiger partial charge in [-0.1, -0.05) is 6.92 Å². The van der Waals surface area contributed by atoms with Crippen LogP contribution in [0.15, 0.2) is 18.3 Å². The molecule has 3 rings (SSSR count). The maximum absolute atomic E-state index is 10.4. The van der Waals surface area contributed by atoms with Crippen LogP contribution in [0.3, 0.4) is 0 Å². The lowest BCUT2D eigenvalue weighted by atomic mass is 10.1. The molecule has 0 aromatic carbocycles. The second-order valence-corrected chi connectivity index (χ2v) is 6.80. The van der Waals surface area contributed by atoms with E-state index in [0.29, 0.717) is 17.9 Å². The minimum Gasteiger partial charge on any atom is -0.389 e. The number of imidazole rings is 1. The van der Waals surface area contributed by atoms with E-state index < -0.39 is 5.60 Å². The van der Waals surface area contributed by atoms with Crippen LogP contribution in [-0.4, -0.2) is 43.8 Å². The minimum atomic E-state index is -0.894. The van der Waals surface area contributed by atoms with Crippen molar-refractivity contribution in [2.75, 3.05) is 24.2 Å². The van der Waals surface area contributed by atoms with Crippen LogP contribution in [0.25, 0.3) is 22.1 Å². The Morgan fingerprint density at radius 1 is 1.29 bits per heavy atom. The van der Waals surface area contributed by atoms with Gasteiger partial charge in [-0.25, -0.2) is 9.97 Å². The zero-order chi connectivity index (χ0) is 17.5. The average Bonchev–Trinajstić information content (AvgIpc) is 2.86. The quantitative estimate of drug-likeness (QED) is 0.745. The van der Waals surface area contributed by atoms with Gasteiger partial charge in [0.1, 0.15) is 16.6 Å². The average molecular weight is 328 g/mol. The Hall–Kier alpha value is -2.41. The smallest absolute Gasteiger partial charge is 0.206 e. The van der Waals surface area contributed by atoms with Gasteiger partial charge < -0.3 is 20.3 Å². The van der Waals surface area contributed by atoms with Gasteiger partial charge in [-0.3, -0.25) is 4.98 Å². The van der Waals surface area contributed by atoms with E-state index in [2.05, 4.69) is 21.8 Å². The van der Waals surface area contributed by atoms with Crippen LogP contribution in [-0.2, 0) is 6.54 Å². The van der Waals surface area contributed by atoms with E-state index in [1.807, 2.05) is 23.7 Å². The SMILES string of the molecule is CCCN(C)c1nc2c(N)nc3cccnc3c2n1CC(C)(C)O. The summed E-state index contributed by atoms with van der Waals surface area (Å²) in [6.45, 7) is 6.92. The third-order valence-electron chi connectivity index (χ3n) is 3.89. The van der Waals surface area contributed by atoms with Crippen molar-refractivity contribution in [3.63, 3.8) is 0 Å². The first-order valence-corrected chi connectivity index (χ1v) is 8.16. The molecular formula is C17H24N6O. The van der Waals surface area contributed by atoms with E-state index in [-0.39, 0.29) is 0 Å². The zero-order valence-electron chi connectivity index (χ0n) is 14.6. The van der Waals surface area contributed by atoms with Crippen molar-refractivity contribution >= 4 is 33.8 Å². The van der Waals surface area contributed by atoms with Crippen molar-refractivity contribution in [2.24, 2.45) is 0 Å². The summed E-state index contributed by atoms with van der Waals surface area (Å²) in [5.41, 5.74) is 8.17. The Kier molecular flexibility index (Phi) is 4.04. The largest absolute Gasteiger partial charge is 0.389 e. The lowest BCUT2D eigenvalue weighted by Crippen LogP contribution is -2.29. The van der Waals surface area contributed by atoms with Crippen LogP contribution < -0.4 is 10.6 Å². The molecule has 3 heterocycles. The molecule has 0 aliphatic carbocycles. The number of aliphatic hydroxyl groups is 1. The summed E-state index contributed by atoms with van der Waals surface area (Å²) >= 11 is 0. The number of pyridine rings is 2. The highest BCUT2D eigenvalue weighted by Gasteiger charge is 2.24. The topological polar surface area (TPSA) is 93.1 Å². The number of rotatable bonds is 5. The lowest BCUT2D eigenvalue weighted by molar-refractivity contribution is 0.0631. The van der Waals surface area contributed by atoms with Gasteiger partial charge >= 0.3 is 0 Å². The van der Waals surface area contributed by atoms with Crippen molar-refractivity contribution < 1.29 is 5.11 Å². The summed E-state index contributed by atoms with van der Waals surface area (Å²) < 4.78 is 2.00. The van der Waals surface area contributed by atoms with Crippen molar-refractivity contribution in [1.82, 2.24) is 19.5 Å². The van der Waals surface area contributed by atoms with Crippen LogP contribution >= 0.6 is 0 Å². The molecule has 0 radical (unpaired) electrons. The first kappa shape index (κ1) is 16.4. The second kappa shape index (κ2) is 5.90. The summed E-state index contributed by atoms with van der Waals surface area (Å²) in [6.07, 6.45) is 2.73. The number of nitrogens with two attached hydrogens (primary N) is 1. The molecule has 7 heteroatoms. The predicted octanol–water partition coefficient (Wildman–Crippen LogP) is 2.18. The van der Waals surface area contributed by atoms with Gasteiger partial charge in [-0.2, -0.15) is 0 Å². The molecule has 0 aliphatic rings. The molecule has 128 valence electrons. The molecule has 0 bridgehead atoms. The van der Waals surface area contributed by atoms with E-state index in [0.717, 1.165) is 35.5 Å². The fourth-order valence-electron chi connectivity index (χ4n) is 2.98. The van der Waals surface area contributed by atoms with E-state index in [9.17, 15) is 5.11 Å². The van der Waals surface area contributed by atoms with Crippen LogP contribution in [0.2, 0.25) is 0 Å². The Morgan fingerprint density at radius 2 is 2.04 bits per heavy atom. The van der Waals surface area contributed by atoms with Crippen molar-refractivity contribution in [3.05, 3.63) is 18.3 Å². The van der Waals surface area contributed by atoms with Gasteiger partial charge in [0, 0.05) is 19.8 Å². The van der Waals surface area contributed by atoms with Gasteiger partial charge in [0.15, 0.2) is 5.82 Å². The highest BCUT2D eigenvalue weighted by Crippen LogP contribution is 2.31. The fourth-order valence-corrected chi connectivity index (χ4v) is 2.98. The number of fused-ring (bicyclic) bond motifs is 3. The summed E-state index contributed by atoms with van der Waals surface area (Å²) in [7, 11) is 1.99. The Labute approximate surface area is 141 Å². The zero-order valence-corrected chi connectivity index (χ0v) is 14.6. The number of hydrogen-bond donors (Lipinski definition) is 2. The Morgan fingerprint density at radius 3 is 2.71 bits per heavy atom. The maximum Gasteiger partial charge on any atom is 0.206 e. The summed E-state index contributed by atoms with van der Waals surface area (Å²) in [5, 5.41) is 10.4. The summed E-state index contributed by atoms with van der Waals surface area (Å²) in [5.74, 6) is 1.15. The molecule has 0 amide bonds. The van der Waals surface area contributed by atoms with Crippen LogP contribution in [0.5, 0.6) is 0 Å². The number of hydrogen-bond acceptors (Lipinski definition) is 6. The van der Waals surface area contributed by atoms with Crippen molar-refractivity contribution in [2.45, 2.75) is 39.3 Å². The molecule has 7 nitrogen and oxygen atoms in total. The van der Waals surface area contributed by atoms with Gasteiger partial charge in [0.25, 0.3) is 0 Å². The highest BCUT2D eigenvalue weighted by atomic mass is 16.3. The molecule has 3 N–H and O–H groups in total. The molecule has 0 saturated heterocycles. The first-order chi connectivity index (χ1) is 11.3. The van der Waals surface area contributed by atoms with Crippen LogP contribution in [0, 0.1) is 0 Å². The highest BCUT2D eigenvalue weighted by molar-refractivity contribution is 6.05. The van der Waals surface area contributed by atoms with Gasteiger partial charge in [0.2, 0.25) is 5.95 Å². The van der Waals surface area contributed by atoms with Gasteiger partial charge in [-0.05, 0) is 32.4 Å².